The number of esters is 2. The lowest BCUT2D eigenvalue weighted by Crippen LogP contribution is -2.30. The molecule has 31 heavy (non-hydrogen) atoms. The van der Waals surface area contributed by atoms with Crippen LogP contribution in [-0.4, -0.2) is 23.7 Å². The van der Waals surface area contributed by atoms with Crippen LogP contribution in [0.15, 0.2) is 60.7 Å². The summed E-state index contributed by atoms with van der Waals surface area (Å²) < 4.78 is 16.7. The topological polar surface area (TPSA) is 82.1 Å². The molecular weight excluding hydrogens is 420 g/mol. The van der Waals surface area contributed by atoms with Gasteiger partial charge in [0, 0.05) is 35.4 Å². The molecule has 1 N–H and O–H groups in total. The molecule has 7 heteroatoms. The van der Waals surface area contributed by atoms with E-state index in [1.54, 1.807) is 18.2 Å². The summed E-state index contributed by atoms with van der Waals surface area (Å²) in [6.07, 6.45) is 3.99. The molecule has 2 aromatic rings. The highest BCUT2D eigenvalue weighted by atomic mass is 35.5. The van der Waals surface area contributed by atoms with Gasteiger partial charge in [-0.3, -0.25) is 9.59 Å². The summed E-state index contributed by atoms with van der Waals surface area (Å²) in [6, 6.07) is 14.4. The van der Waals surface area contributed by atoms with Gasteiger partial charge in [-0.2, -0.15) is 0 Å². The molecule has 0 radical (unpaired) electrons. The van der Waals surface area contributed by atoms with Crippen molar-refractivity contribution in [2.75, 3.05) is 6.61 Å². The SMILES string of the molecule is CC(=O)OC(=O)CCC=CC[C@H]1CO[C@@H](c2ccccc2Cl)O[C@H]1c1ccccc1O. The highest BCUT2D eigenvalue weighted by molar-refractivity contribution is 6.31. The van der Waals surface area contributed by atoms with E-state index in [9.17, 15) is 14.7 Å². The largest absolute Gasteiger partial charge is 0.508 e. The number of phenolic OH excluding ortho intramolecular Hbond substituents is 1. The minimum absolute atomic E-state index is 0.0486. The fourth-order valence-corrected chi connectivity index (χ4v) is 3.68. The van der Waals surface area contributed by atoms with Gasteiger partial charge < -0.3 is 19.3 Å². The third-order valence-corrected chi connectivity index (χ3v) is 5.28. The van der Waals surface area contributed by atoms with Crippen molar-refractivity contribution in [1.29, 1.82) is 0 Å². The molecule has 3 rings (SSSR count). The van der Waals surface area contributed by atoms with Crippen molar-refractivity contribution >= 4 is 23.5 Å². The Morgan fingerprint density at radius 2 is 1.84 bits per heavy atom. The number of rotatable bonds is 7. The average Bonchev–Trinajstić information content (AvgIpc) is 2.74. The van der Waals surface area contributed by atoms with Gasteiger partial charge in [0.15, 0.2) is 6.29 Å². The first kappa shape index (κ1) is 23.0. The van der Waals surface area contributed by atoms with Crippen molar-refractivity contribution in [3.8, 4) is 5.75 Å². The van der Waals surface area contributed by atoms with Gasteiger partial charge in [-0.25, -0.2) is 0 Å². The summed E-state index contributed by atoms with van der Waals surface area (Å²) in [5.74, 6) is -1.04. The van der Waals surface area contributed by atoms with Gasteiger partial charge in [-0.05, 0) is 25.0 Å². The number of carbonyl (C=O) groups excluding carboxylic acids is 2. The number of phenols is 1. The summed E-state index contributed by atoms with van der Waals surface area (Å²) in [6.45, 7) is 1.61. The van der Waals surface area contributed by atoms with E-state index in [-0.39, 0.29) is 18.1 Å². The van der Waals surface area contributed by atoms with E-state index >= 15 is 0 Å². The number of halogens is 1. The summed E-state index contributed by atoms with van der Waals surface area (Å²) in [5, 5.41) is 10.9. The monoisotopic (exact) mass is 444 g/mol. The number of benzene rings is 2. The fourth-order valence-electron chi connectivity index (χ4n) is 3.46. The zero-order chi connectivity index (χ0) is 22.2. The van der Waals surface area contributed by atoms with Crippen molar-refractivity contribution in [2.45, 2.75) is 38.6 Å². The van der Waals surface area contributed by atoms with Crippen LogP contribution in [0.4, 0.5) is 0 Å². The fraction of sp³-hybridized carbons (Fsp3) is 0.333. The van der Waals surface area contributed by atoms with Crippen LogP contribution in [0.5, 0.6) is 5.75 Å². The van der Waals surface area contributed by atoms with Gasteiger partial charge >= 0.3 is 11.9 Å². The minimum Gasteiger partial charge on any atom is -0.508 e. The molecule has 2 aromatic carbocycles. The Kier molecular flexibility index (Phi) is 8.23. The quantitative estimate of drug-likeness (QED) is 0.356. The molecule has 0 aromatic heterocycles. The molecule has 164 valence electrons. The van der Waals surface area contributed by atoms with Crippen LogP contribution in [0.2, 0.25) is 5.02 Å². The van der Waals surface area contributed by atoms with Crippen molar-refractivity contribution < 1.29 is 28.9 Å². The Hall–Kier alpha value is -2.67. The van der Waals surface area contributed by atoms with Crippen molar-refractivity contribution in [3.63, 3.8) is 0 Å². The van der Waals surface area contributed by atoms with Crippen LogP contribution in [0, 0.1) is 5.92 Å². The van der Waals surface area contributed by atoms with Gasteiger partial charge in [0.05, 0.1) is 12.7 Å². The number of carbonyl (C=O) groups is 2. The number of aromatic hydroxyl groups is 1. The molecule has 1 saturated heterocycles. The highest BCUT2D eigenvalue weighted by Crippen LogP contribution is 2.43. The van der Waals surface area contributed by atoms with Crippen LogP contribution >= 0.6 is 11.6 Å². The predicted molar refractivity (Wildman–Crippen MR) is 115 cm³/mol. The van der Waals surface area contributed by atoms with Gasteiger partial charge in [0.2, 0.25) is 0 Å². The van der Waals surface area contributed by atoms with Gasteiger partial charge in [-0.15, -0.1) is 0 Å². The molecule has 0 unspecified atom stereocenters. The molecular formula is C24H25ClO6. The molecule has 1 aliphatic heterocycles. The molecule has 0 bridgehead atoms. The van der Waals surface area contributed by atoms with E-state index in [4.69, 9.17) is 21.1 Å². The number of allylic oxidation sites excluding steroid dienone is 2. The van der Waals surface area contributed by atoms with E-state index in [0.717, 1.165) is 5.56 Å². The number of hydrogen-bond donors (Lipinski definition) is 1. The lowest BCUT2D eigenvalue weighted by Gasteiger charge is -2.37. The maximum Gasteiger partial charge on any atom is 0.313 e. The van der Waals surface area contributed by atoms with Crippen LogP contribution in [0.25, 0.3) is 0 Å². The minimum atomic E-state index is -0.639. The maximum absolute atomic E-state index is 11.4. The molecule has 0 saturated carbocycles. The maximum atomic E-state index is 11.4. The Morgan fingerprint density at radius 3 is 2.55 bits per heavy atom. The normalized spacial score (nSPS) is 21.2. The van der Waals surface area contributed by atoms with Crippen LogP contribution in [0.1, 0.15) is 49.7 Å². The van der Waals surface area contributed by atoms with E-state index < -0.39 is 24.3 Å². The Morgan fingerprint density at radius 1 is 1.13 bits per heavy atom. The number of hydrogen-bond acceptors (Lipinski definition) is 6. The zero-order valence-electron chi connectivity index (χ0n) is 17.2. The van der Waals surface area contributed by atoms with E-state index in [2.05, 4.69) is 4.74 Å². The molecule has 0 aliphatic carbocycles. The standard InChI is InChI=1S/C24H25ClO6/c1-16(26)30-22(28)14-4-2-3-9-17-15-29-24(18-10-5-7-12-20(18)25)31-23(17)19-11-6-8-13-21(19)27/h2-3,5-8,10-13,17,23-24,27H,4,9,14-15H2,1H3/t17-,23+,24+/m0/s1. The third kappa shape index (κ3) is 6.40. The first-order chi connectivity index (χ1) is 15.0. The average molecular weight is 445 g/mol. The summed E-state index contributed by atoms with van der Waals surface area (Å²) in [7, 11) is 0. The lowest BCUT2D eigenvalue weighted by molar-refractivity contribution is -0.244. The van der Waals surface area contributed by atoms with E-state index in [1.807, 2.05) is 42.5 Å². The third-order valence-electron chi connectivity index (χ3n) is 4.94. The van der Waals surface area contributed by atoms with E-state index in [0.29, 0.717) is 30.0 Å². The summed E-state index contributed by atoms with van der Waals surface area (Å²) in [4.78, 5) is 22.2. The molecule has 6 nitrogen and oxygen atoms in total. The molecule has 1 aliphatic rings. The van der Waals surface area contributed by atoms with Gasteiger partial charge in [-0.1, -0.05) is 60.2 Å². The smallest absolute Gasteiger partial charge is 0.313 e. The molecule has 3 atom stereocenters. The molecule has 1 fully saturated rings. The van der Waals surface area contributed by atoms with Crippen LogP contribution in [-0.2, 0) is 23.8 Å². The second-order valence-corrected chi connectivity index (χ2v) is 7.68. The molecule has 0 spiro atoms. The molecule has 1 heterocycles. The second kappa shape index (κ2) is 11.1. The first-order valence-corrected chi connectivity index (χ1v) is 10.5. The Balaban J connectivity index is 1.68. The van der Waals surface area contributed by atoms with Gasteiger partial charge in [0.25, 0.3) is 0 Å². The number of ether oxygens (including phenoxy) is 3. The second-order valence-electron chi connectivity index (χ2n) is 7.27. The van der Waals surface area contributed by atoms with Gasteiger partial charge in [0.1, 0.15) is 5.75 Å². The first-order valence-electron chi connectivity index (χ1n) is 10.1. The van der Waals surface area contributed by atoms with Crippen molar-refractivity contribution in [3.05, 3.63) is 76.8 Å². The van der Waals surface area contributed by atoms with Crippen LogP contribution < -0.4 is 0 Å². The van der Waals surface area contributed by atoms with Crippen LogP contribution in [0.3, 0.4) is 0 Å². The molecule has 0 amide bonds. The Bertz CT molecular complexity index is 941. The highest BCUT2D eigenvalue weighted by Gasteiger charge is 2.35. The van der Waals surface area contributed by atoms with Crippen molar-refractivity contribution in [1.82, 2.24) is 0 Å². The van der Waals surface area contributed by atoms with Crippen molar-refractivity contribution in [2.24, 2.45) is 5.92 Å². The summed E-state index contributed by atoms with van der Waals surface area (Å²) >= 11 is 6.31. The predicted octanol–water partition coefficient (Wildman–Crippen LogP) is 5.26. The lowest BCUT2D eigenvalue weighted by atomic mass is 9.91. The summed E-state index contributed by atoms with van der Waals surface area (Å²) in [5.41, 5.74) is 1.42. The Labute approximate surface area is 186 Å². The number of para-hydroxylation sites is 1. The zero-order valence-corrected chi connectivity index (χ0v) is 18.0. The van der Waals surface area contributed by atoms with E-state index in [1.165, 1.54) is 6.92 Å².